The van der Waals surface area contributed by atoms with Crippen molar-refractivity contribution in [1.82, 2.24) is 9.34 Å². The van der Waals surface area contributed by atoms with Gasteiger partial charge in [-0.1, -0.05) is 0 Å². The number of nitrogens with zero attached hydrogens (tertiary/aromatic N) is 2. The molecule has 4 rings (SSSR count). The Morgan fingerprint density at radius 2 is 1.59 bits per heavy atom. The first-order valence-electron chi connectivity index (χ1n) is 12.5. The van der Waals surface area contributed by atoms with E-state index in [2.05, 4.69) is 45.0 Å². The van der Waals surface area contributed by atoms with Gasteiger partial charge in [0.25, 0.3) is 0 Å². The predicted molar refractivity (Wildman–Crippen MR) is 140 cm³/mol. The molecule has 2 heterocycles. The Labute approximate surface area is 204 Å². The van der Waals surface area contributed by atoms with E-state index in [1.54, 1.807) is 0 Å². The molecule has 5 atom stereocenters. The van der Waals surface area contributed by atoms with Crippen molar-refractivity contribution in [2.24, 2.45) is 5.92 Å². The van der Waals surface area contributed by atoms with Crippen LogP contribution in [-0.2, 0) is 9.47 Å². The van der Waals surface area contributed by atoms with E-state index in [4.69, 9.17) is 9.47 Å². The fraction of sp³-hybridized carbons (Fsp3) is 0.750. The number of ether oxygens (including phenoxy) is 2. The minimum absolute atomic E-state index is 0.304. The van der Waals surface area contributed by atoms with E-state index < -0.39 is 13.5 Å². The zero-order valence-corrected chi connectivity index (χ0v) is 22.6. The molecule has 2 saturated heterocycles. The maximum atomic E-state index is 11.7. The molecule has 1 aromatic carbocycles. The van der Waals surface area contributed by atoms with Crippen LogP contribution in [0.5, 0.6) is 0 Å². The van der Waals surface area contributed by atoms with Gasteiger partial charge in [0.1, 0.15) is 0 Å². The molecule has 1 unspecified atom stereocenters. The van der Waals surface area contributed by atoms with Gasteiger partial charge >= 0.3 is 204 Å². The third-order valence-electron chi connectivity index (χ3n) is 8.54. The van der Waals surface area contributed by atoms with Crippen LogP contribution < -0.4 is 0 Å². The predicted octanol–water partition coefficient (Wildman–Crippen LogP) is 4.00. The van der Waals surface area contributed by atoms with Gasteiger partial charge in [0.2, 0.25) is 0 Å². The third-order valence-corrected chi connectivity index (χ3v) is 14.9. The van der Waals surface area contributed by atoms with Crippen LogP contribution in [0.1, 0.15) is 56.6 Å². The Bertz CT molecular complexity index is 736. The second kappa shape index (κ2) is 11.2. The molecule has 1 saturated carbocycles. The zero-order chi connectivity index (χ0) is 22.7. The summed E-state index contributed by atoms with van der Waals surface area (Å²) in [5, 5.41) is 11.7. The van der Waals surface area contributed by atoms with Gasteiger partial charge in [-0.25, -0.2) is 0 Å². The Balaban J connectivity index is 1.71. The summed E-state index contributed by atoms with van der Waals surface area (Å²) in [6.07, 6.45) is 8.09. The van der Waals surface area contributed by atoms with E-state index in [9.17, 15) is 5.11 Å². The summed E-state index contributed by atoms with van der Waals surface area (Å²) in [5.41, 5.74) is 1.59. The van der Waals surface area contributed by atoms with Gasteiger partial charge in [0.05, 0.1) is 0 Å². The molecule has 2 aliphatic heterocycles. The van der Waals surface area contributed by atoms with E-state index in [1.807, 2.05) is 26.4 Å². The normalized spacial score (nSPS) is 31.4. The van der Waals surface area contributed by atoms with E-state index in [0.717, 1.165) is 29.7 Å². The second-order valence-electron chi connectivity index (χ2n) is 10.2. The van der Waals surface area contributed by atoms with Crippen molar-refractivity contribution in [3.05, 3.63) is 34.3 Å². The van der Waals surface area contributed by atoms with E-state index in [-0.39, 0.29) is 0 Å². The van der Waals surface area contributed by atoms with Crippen LogP contribution in [0.15, 0.2) is 28.7 Å². The summed E-state index contributed by atoms with van der Waals surface area (Å²) in [5.74, 6) is 0.304. The third kappa shape index (κ3) is 4.73. The maximum absolute atomic E-state index is 11.7. The fourth-order valence-corrected chi connectivity index (χ4v) is 13.9. The van der Waals surface area contributed by atoms with Crippen LogP contribution >= 0.6 is 23.4 Å². The fourth-order valence-electron chi connectivity index (χ4n) is 7.18. The molecule has 0 spiro atoms. The number of aliphatic hydroxyl groups is 1. The van der Waals surface area contributed by atoms with Gasteiger partial charge in [-0.05, 0) is 0 Å². The first-order chi connectivity index (χ1) is 15.5. The van der Waals surface area contributed by atoms with Gasteiger partial charge in [0, 0.05) is 0 Å². The van der Waals surface area contributed by atoms with Crippen molar-refractivity contribution in [2.45, 2.75) is 68.8 Å². The van der Waals surface area contributed by atoms with Crippen LogP contribution in [-0.4, -0.2) is 80.3 Å². The molecule has 0 aromatic heterocycles. The Morgan fingerprint density at radius 1 is 1.00 bits per heavy atom. The average Bonchev–Trinajstić information content (AvgIpc) is 3.55. The van der Waals surface area contributed by atoms with E-state index in [1.165, 1.54) is 51.6 Å². The molecule has 1 aliphatic carbocycles. The molecule has 8 heteroatoms. The number of aliphatic hydroxyl groups excluding tert-OH is 1. The summed E-state index contributed by atoms with van der Waals surface area (Å²) in [6.45, 7) is 3.97. The number of hydrogen-bond donors (Lipinski definition) is 1. The Hall–Kier alpha value is -0.00506. The Morgan fingerprint density at radius 3 is 2.16 bits per heavy atom. The second-order valence-corrected chi connectivity index (χ2v) is 15.1. The van der Waals surface area contributed by atoms with Gasteiger partial charge in [0.15, 0.2) is 0 Å². The molecular weight excluding hydrogens is 486 g/mol. The molecular formula is C24H41BBrN2O3P. The molecule has 5 nitrogen and oxygen atoms in total. The molecule has 3 aliphatic rings. The molecule has 1 N–H and O–H groups in total. The molecule has 1 aromatic rings. The van der Waals surface area contributed by atoms with Crippen molar-refractivity contribution in [2.75, 3.05) is 40.5 Å². The van der Waals surface area contributed by atoms with Crippen molar-refractivity contribution in [1.29, 1.82) is 0 Å². The van der Waals surface area contributed by atoms with E-state index >= 15 is 0 Å². The molecule has 0 bridgehead atoms. The van der Waals surface area contributed by atoms with Crippen LogP contribution in [0.25, 0.3) is 0 Å². The summed E-state index contributed by atoms with van der Waals surface area (Å²) in [7, 11) is 4.20. The van der Waals surface area contributed by atoms with Crippen molar-refractivity contribution in [3.8, 4) is 0 Å². The number of hydrogen-bond acceptors (Lipinski definition) is 5. The number of rotatable bonds is 9. The Kier molecular flexibility index (Phi) is 8.75. The van der Waals surface area contributed by atoms with Gasteiger partial charge in [-0.3, -0.25) is 0 Å². The summed E-state index contributed by atoms with van der Waals surface area (Å²) < 4.78 is 18.2. The van der Waals surface area contributed by atoms with Crippen LogP contribution in [0.2, 0.25) is 0 Å². The van der Waals surface area contributed by atoms with E-state index in [0.29, 0.717) is 23.7 Å². The first kappa shape index (κ1) is 25.1. The van der Waals surface area contributed by atoms with Crippen molar-refractivity contribution < 1.29 is 14.6 Å². The average molecular weight is 527 g/mol. The minimum atomic E-state index is -2.10. The molecule has 0 radical (unpaired) electrons. The molecule has 3 fully saturated rings. The van der Waals surface area contributed by atoms with Crippen molar-refractivity contribution >= 4 is 30.9 Å². The number of halogens is 1. The van der Waals surface area contributed by atoms with Gasteiger partial charge < -0.3 is 0 Å². The standard InChI is InChI=1S/C24H41BBrN2O3P/c1-30-16-18-8-6-14-27(18)32(25,28-15-7-9-19(28)17-31-2)23-13-5-11-21(23)24(29)20-10-3-4-12-22(20)26/h3-4,10,12,18-19,21,23-24,29,32H,5-9,11,13-17,25H2,1-2H3/t18-,19-,21+,23?,24+/m0/s1. The first-order valence-corrected chi connectivity index (χ1v) is 15.7. The van der Waals surface area contributed by atoms with Crippen molar-refractivity contribution in [3.63, 3.8) is 0 Å². The molecule has 180 valence electrons. The van der Waals surface area contributed by atoms with Crippen LogP contribution in [0, 0.1) is 5.92 Å². The monoisotopic (exact) mass is 526 g/mol. The zero-order valence-electron chi connectivity index (χ0n) is 20.0. The van der Waals surface area contributed by atoms with Crippen LogP contribution in [0.4, 0.5) is 0 Å². The summed E-state index contributed by atoms with van der Waals surface area (Å²) in [4.78, 5) is 0. The molecule has 0 amide bonds. The van der Waals surface area contributed by atoms with Gasteiger partial charge in [-0.15, -0.1) is 0 Å². The van der Waals surface area contributed by atoms with Crippen LogP contribution in [0.3, 0.4) is 0 Å². The summed E-state index contributed by atoms with van der Waals surface area (Å²) in [6, 6.07) is 9.24. The quantitative estimate of drug-likeness (QED) is 0.389. The topological polar surface area (TPSA) is 45.2 Å². The number of methoxy groups -OCH3 is 2. The SMILES string of the molecule is B[PH](C1CCC[C@H]1[C@H](O)c1ccccc1Br)(N1CCC[C@H]1COC)N1CCC[C@H]1COC. The molecule has 32 heavy (non-hydrogen) atoms. The van der Waals surface area contributed by atoms with Gasteiger partial charge in [-0.2, -0.15) is 0 Å². The number of benzene rings is 1. The summed E-state index contributed by atoms with van der Waals surface area (Å²) >= 11 is 3.70.